The van der Waals surface area contributed by atoms with E-state index in [1.165, 1.54) is 19.2 Å². The van der Waals surface area contributed by atoms with E-state index in [9.17, 15) is 9.18 Å². The van der Waals surface area contributed by atoms with Crippen molar-refractivity contribution >= 4 is 5.78 Å². The number of rotatable bonds is 6. The molecule has 0 bridgehead atoms. The van der Waals surface area contributed by atoms with Crippen molar-refractivity contribution in [3.63, 3.8) is 0 Å². The molecular formula is C16H15FO3. The maximum atomic E-state index is 13.5. The molecule has 0 radical (unpaired) electrons. The molecule has 4 heteroatoms. The summed E-state index contributed by atoms with van der Waals surface area (Å²) in [5.41, 5.74) is 1.26. The molecule has 0 aliphatic heterocycles. The van der Waals surface area contributed by atoms with Crippen molar-refractivity contribution in [2.75, 3.05) is 13.7 Å². The molecule has 2 aromatic carbocycles. The van der Waals surface area contributed by atoms with Crippen LogP contribution in [0.5, 0.6) is 5.75 Å². The topological polar surface area (TPSA) is 35.5 Å². The van der Waals surface area contributed by atoms with E-state index in [1.807, 2.05) is 30.3 Å². The van der Waals surface area contributed by atoms with Crippen LogP contribution in [0, 0.1) is 5.82 Å². The molecule has 0 unspecified atom stereocenters. The lowest BCUT2D eigenvalue weighted by Crippen LogP contribution is -2.09. The lowest BCUT2D eigenvalue weighted by Gasteiger charge is -2.06. The predicted octanol–water partition coefficient (Wildman–Crippen LogP) is 3.23. The normalized spacial score (nSPS) is 10.3. The quantitative estimate of drug-likeness (QED) is 0.759. The fourth-order valence-electron chi connectivity index (χ4n) is 1.76. The van der Waals surface area contributed by atoms with Crippen LogP contribution in [0.25, 0.3) is 0 Å². The van der Waals surface area contributed by atoms with Gasteiger partial charge < -0.3 is 9.47 Å². The molecule has 0 amide bonds. The van der Waals surface area contributed by atoms with Crippen LogP contribution < -0.4 is 4.74 Å². The lowest BCUT2D eigenvalue weighted by atomic mass is 10.1. The molecule has 0 saturated heterocycles. The molecule has 0 N–H and O–H groups in total. The zero-order valence-electron chi connectivity index (χ0n) is 11.1. The summed E-state index contributed by atoms with van der Waals surface area (Å²) in [5.74, 6) is -0.698. The number of ketones is 1. The summed E-state index contributed by atoms with van der Waals surface area (Å²) >= 11 is 0. The van der Waals surface area contributed by atoms with E-state index in [0.29, 0.717) is 6.61 Å². The monoisotopic (exact) mass is 274 g/mol. The summed E-state index contributed by atoms with van der Waals surface area (Å²) in [7, 11) is 1.38. The van der Waals surface area contributed by atoms with Crippen LogP contribution in [0.4, 0.5) is 4.39 Å². The Hall–Kier alpha value is -2.20. The Morgan fingerprint density at radius 2 is 1.90 bits per heavy atom. The second-order valence-corrected chi connectivity index (χ2v) is 4.25. The van der Waals surface area contributed by atoms with Crippen molar-refractivity contribution in [2.24, 2.45) is 0 Å². The molecular weight excluding hydrogens is 259 g/mol. The van der Waals surface area contributed by atoms with Gasteiger partial charge in [0.2, 0.25) is 0 Å². The van der Waals surface area contributed by atoms with Gasteiger partial charge in [0.1, 0.15) is 6.61 Å². The molecule has 0 aliphatic carbocycles. The third-order valence-corrected chi connectivity index (χ3v) is 2.82. The van der Waals surface area contributed by atoms with E-state index in [4.69, 9.17) is 9.47 Å². The number of ether oxygens (including phenoxy) is 2. The van der Waals surface area contributed by atoms with Gasteiger partial charge in [-0.25, -0.2) is 4.39 Å². The summed E-state index contributed by atoms with van der Waals surface area (Å²) in [6.45, 7) is 0.270. The van der Waals surface area contributed by atoms with E-state index in [0.717, 1.165) is 11.6 Å². The summed E-state index contributed by atoms with van der Waals surface area (Å²) in [5, 5.41) is 0. The van der Waals surface area contributed by atoms with Crippen LogP contribution in [0.3, 0.4) is 0 Å². The highest BCUT2D eigenvalue weighted by molar-refractivity contribution is 5.97. The van der Waals surface area contributed by atoms with Gasteiger partial charge >= 0.3 is 0 Å². The molecule has 0 fully saturated rings. The Labute approximate surface area is 117 Å². The average Bonchev–Trinajstić information content (AvgIpc) is 2.48. The van der Waals surface area contributed by atoms with Crippen molar-refractivity contribution in [2.45, 2.75) is 6.61 Å². The van der Waals surface area contributed by atoms with E-state index in [-0.39, 0.29) is 23.7 Å². The first-order valence-electron chi connectivity index (χ1n) is 6.19. The average molecular weight is 274 g/mol. The van der Waals surface area contributed by atoms with E-state index < -0.39 is 5.82 Å². The maximum absolute atomic E-state index is 13.5. The van der Waals surface area contributed by atoms with Gasteiger partial charge in [0, 0.05) is 5.56 Å². The van der Waals surface area contributed by atoms with Gasteiger partial charge in [-0.1, -0.05) is 30.3 Å². The fraction of sp³-hybridized carbons (Fsp3) is 0.188. The predicted molar refractivity (Wildman–Crippen MR) is 73.4 cm³/mol. The summed E-state index contributed by atoms with van der Waals surface area (Å²) in [6, 6.07) is 13.7. The minimum Gasteiger partial charge on any atom is -0.494 e. The molecule has 3 nitrogen and oxygen atoms in total. The van der Waals surface area contributed by atoms with E-state index in [2.05, 4.69) is 0 Å². The zero-order valence-corrected chi connectivity index (χ0v) is 11.1. The molecule has 0 heterocycles. The van der Waals surface area contributed by atoms with Crippen molar-refractivity contribution in [3.05, 3.63) is 65.5 Å². The van der Waals surface area contributed by atoms with Crippen LogP contribution >= 0.6 is 0 Å². The fourth-order valence-corrected chi connectivity index (χ4v) is 1.76. The largest absolute Gasteiger partial charge is 0.494 e. The number of hydrogen-bond donors (Lipinski definition) is 0. The molecule has 20 heavy (non-hydrogen) atoms. The Morgan fingerprint density at radius 1 is 1.15 bits per heavy atom. The third-order valence-electron chi connectivity index (χ3n) is 2.82. The smallest absolute Gasteiger partial charge is 0.188 e. The molecule has 0 aliphatic rings. The minimum absolute atomic E-state index is 0.0827. The standard InChI is InChI=1S/C16H15FO3/c1-19-16-8-7-13(9-14(16)17)15(18)11-20-10-12-5-3-2-4-6-12/h2-9H,10-11H2,1H3. The number of carbonyl (C=O) groups excluding carboxylic acids is 1. The molecule has 0 aromatic heterocycles. The van der Waals surface area contributed by atoms with Crippen LogP contribution in [-0.4, -0.2) is 19.5 Å². The summed E-state index contributed by atoms with van der Waals surface area (Å²) < 4.78 is 23.6. The highest BCUT2D eigenvalue weighted by atomic mass is 19.1. The second kappa shape index (κ2) is 6.82. The lowest BCUT2D eigenvalue weighted by molar-refractivity contribution is 0.0726. The van der Waals surface area contributed by atoms with E-state index in [1.54, 1.807) is 0 Å². The van der Waals surface area contributed by atoms with Gasteiger partial charge in [-0.05, 0) is 23.8 Å². The molecule has 0 spiro atoms. The minimum atomic E-state index is -0.554. The Bertz CT molecular complexity index is 582. The van der Waals surface area contributed by atoms with Gasteiger partial charge in [0.05, 0.1) is 13.7 Å². The zero-order chi connectivity index (χ0) is 14.4. The van der Waals surface area contributed by atoms with Crippen molar-refractivity contribution in [1.82, 2.24) is 0 Å². The highest BCUT2D eigenvalue weighted by Gasteiger charge is 2.10. The second-order valence-electron chi connectivity index (χ2n) is 4.25. The molecule has 0 saturated carbocycles. The van der Waals surface area contributed by atoms with Gasteiger partial charge in [0.25, 0.3) is 0 Å². The molecule has 104 valence electrons. The highest BCUT2D eigenvalue weighted by Crippen LogP contribution is 2.18. The first-order chi connectivity index (χ1) is 9.70. The Morgan fingerprint density at radius 3 is 2.55 bits per heavy atom. The molecule has 0 atom stereocenters. The van der Waals surface area contributed by atoms with Crippen LogP contribution in [0.1, 0.15) is 15.9 Å². The number of hydrogen-bond acceptors (Lipinski definition) is 3. The van der Waals surface area contributed by atoms with Crippen LogP contribution in [0.2, 0.25) is 0 Å². The van der Waals surface area contributed by atoms with Gasteiger partial charge in [0.15, 0.2) is 17.3 Å². The number of carbonyl (C=O) groups is 1. The van der Waals surface area contributed by atoms with Crippen molar-refractivity contribution < 1.29 is 18.7 Å². The van der Waals surface area contributed by atoms with Crippen molar-refractivity contribution in [3.8, 4) is 5.75 Å². The Balaban J connectivity index is 1.90. The SMILES string of the molecule is COc1ccc(C(=O)COCc2ccccc2)cc1F. The summed E-state index contributed by atoms with van der Waals surface area (Å²) in [4.78, 5) is 11.9. The first-order valence-corrected chi connectivity index (χ1v) is 6.19. The number of benzene rings is 2. The number of Topliss-reactive ketones (excluding diaryl/α,β-unsaturated/α-hetero) is 1. The van der Waals surface area contributed by atoms with Crippen LogP contribution in [0.15, 0.2) is 48.5 Å². The number of methoxy groups -OCH3 is 1. The maximum Gasteiger partial charge on any atom is 0.188 e. The van der Waals surface area contributed by atoms with Crippen molar-refractivity contribution in [1.29, 1.82) is 0 Å². The first kappa shape index (κ1) is 14.2. The number of halogens is 1. The van der Waals surface area contributed by atoms with Gasteiger partial charge in [-0.15, -0.1) is 0 Å². The molecule has 2 rings (SSSR count). The van der Waals surface area contributed by atoms with Gasteiger partial charge in [-0.3, -0.25) is 4.79 Å². The summed E-state index contributed by atoms with van der Waals surface area (Å²) in [6.07, 6.45) is 0. The Kier molecular flexibility index (Phi) is 4.85. The van der Waals surface area contributed by atoms with E-state index >= 15 is 0 Å². The van der Waals surface area contributed by atoms with Crippen LogP contribution in [-0.2, 0) is 11.3 Å². The van der Waals surface area contributed by atoms with Gasteiger partial charge in [-0.2, -0.15) is 0 Å². The molecule has 2 aromatic rings. The third kappa shape index (κ3) is 3.65.